The monoisotopic (exact) mass is 228 g/mol. The topological polar surface area (TPSA) is 67.4 Å². The molecule has 1 heterocycles. The number of hydrogen-bond donors (Lipinski definition) is 2. The van der Waals surface area contributed by atoms with Gasteiger partial charge in [-0.2, -0.15) is 0 Å². The van der Waals surface area contributed by atoms with Gasteiger partial charge in [0.1, 0.15) is 0 Å². The molecule has 2 N–H and O–H groups in total. The van der Waals surface area contributed by atoms with Gasteiger partial charge >= 0.3 is 0 Å². The number of carbonyl (C=O) groups is 2. The molecule has 0 saturated carbocycles. The van der Waals surface area contributed by atoms with Crippen LogP contribution in [0, 0.1) is 5.92 Å². The summed E-state index contributed by atoms with van der Waals surface area (Å²) in [7, 11) is 0. The summed E-state index contributed by atoms with van der Waals surface area (Å²) < 4.78 is 5.31. The number of ether oxygens (including phenoxy) is 1. The Morgan fingerprint density at radius 3 is 2.94 bits per heavy atom. The molecule has 16 heavy (non-hydrogen) atoms. The minimum absolute atomic E-state index is 0.00681. The number of rotatable bonds is 5. The largest absolute Gasteiger partial charge is 0.377 e. The van der Waals surface area contributed by atoms with Crippen molar-refractivity contribution < 1.29 is 14.3 Å². The predicted molar refractivity (Wildman–Crippen MR) is 59.8 cm³/mol. The van der Waals surface area contributed by atoms with E-state index in [1.165, 1.54) is 0 Å². The average Bonchev–Trinajstić information content (AvgIpc) is 2.25. The first kappa shape index (κ1) is 13.0. The molecule has 0 radical (unpaired) electrons. The highest BCUT2D eigenvalue weighted by Gasteiger charge is 2.23. The number of hydrogen-bond acceptors (Lipinski definition) is 3. The van der Waals surface area contributed by atoms with E-state index in [4.69, 9.17) is 4.74 Å². The molecule has 5 nitrogen and oxygen atoms in total. The summed E-state index contributed by atoms with van der Waals surface area (Å²) in [5.41, 5.74) is 0. The van der Waals surface area contributed by atoms with E-state index in [1.54, 1.807) is 0 Å². The van der Waals surface area contributed by atoms with Crippen LogP contribution in [0.25, 0.3) is 0 Å². The second-order valence-electron chi connectivity index (χ2n) is 4.25. The summed E-state index contributed by atoms with van der Waals surface area (Å²) in [5, 5.41) is 5.50. The molecule has 0 spiro atoms. The summed E-state index contributed by atoms with van der Waals surface area (Å²) in [5.74, 6) is -0.0451. The Balaban J connectivity index is 2.12. The molecule has 0 aromatic heterocycles. The van der Waals surface area contributed by atoms with Crippen LogP contribution in [0.1, 0.15) is 26.7 Å². The fraction of sp³-hybridized carbons (Fsp3) is 0.818. The lowest BCUT2D eigenvalue weighted by Crippen LogP contribution is -2.43. The van der Waals surface area contributed by atoms with Gasteiger partial charge in [-0.05, 0) is 20.3 Å². The van der Waals surface area contributed by atoms with Crippen LogP contribution in [0.15, 0.2) is 0 Å². The van der Waals surface area contributed by atoms with Gasteiger partial charge in [0.05, 0.1) is 18.6 Å². The van der Waals surface area contributed by atoms with Gasteiger partial charge < -0.3 is 15.4 Å². The molecule has 1 fully saturated rings. The maximum absolute atomic E-state index is 11.6. The minimum atomic E-state index is -0.0863. The lowest BCUT2D eigenvalue weighted by Gasteiger charge is -2.21. The van der Waals surface area contributed by atoms with E-state index in [9.17, 15) is 9.59 Å². The predicted octanol–water partition coefficient (Wildman–Crippen LogP) is 0.0538. The number of piperidine rings is 1. The Bertz CT molecular complexity index is 244. The van der Waals surface area contributed by atoms with Crippen LogP contribution in [0.2, 0.25) is 0 Å². The van der Waals surface area contributed by atoms with Crippen LogP contribution in [-0.2, 0) is 14.3 Å². The van der Waals surface area contributed by atoms with E-state index in [0.29, 0.717) is 32.5 Å². The molecule has 0 aromatic carbocycles. The van der Waals surface area contributed by atoms with Gasteiger partial charge in [-0.1, -0.05) is 0 Å². The highest BCUT2D eigenvalue weighted by molar-refractivity contribution is 5.83. The van der Waals surface area contributed by atoms with Crippen LogP contribution < -0.4 is 10.6 Å². The highest BCUT2D eigenvalue weighted by atomic mass is 16.5. The second kappa shape index (κ2) is 6.48. The summed E-state index contributed by atoms with van der Waals surface area (Å²) >= 11 is 0. The molecule has 1 aliphatic heterocycles. The lowest BCUT2D eigenvalue weighted by atomic mass is 9.98. The highest BCUT2D eigenvalue weighted by Crippen LogP contribution is 2.10. The first-order valence-corrected chi connectivity index (χ1v) is 5.75. The molecule has 1 aliphatic rings. The van der Waals surface area contributed by atoms with E-state index >= 15 is 0 Å². The second-order valence-corrected chi connectivity index (χ2v) is 4.25. The fourth-order valence-electron chi connectivity index (χ4n) is 1.57. The third-order valence-electron chi connectivity index (χ3n) is 2.49. The normalized spacial score (nSPS) is 20.7. The average molecular weight is 228 g/mol. The lowest BCUT2D eigenvalue weighted by molar-refractivity contribution is -0.129. The first-order valence-electron chi connectivity index (χ1n) is 5.75. The zero-order valence-electron chi connectivity index (χ0n) is 9.91. The van der Waals surface area contributed by atoms with Crippen LogP contribution in [0.4, 0.5) is 0 Å². The molecular formula is C11H20N2O3. The molecule has 1 rings (SSSR count). The van der Waals surface area contributed by atoms with E-state index in [-0.39, 0.29) is 23.8 Å². The molecule has 1 saturated heterocycles. The number of nitrogens with one attached hydrogen (secondary N) is 2. The zero-order chi connectivity index (χ0) is 12.0. The van der Waals surface area contributed by atoms with Crippen molar-refractivity contribution in [3.63, 3.8) is 0 Å². The quantitative estimate of drug-likeness (QED) is 0.654. The fourth-order valence-corrected chi connectivity index (χ4v) is 1.57. The van der Waals surface area contributed by atoms with Crippen LogP contribution in [0.5, 0.6) is 0 Å². The number of carbonyl (C=O) groups excluding carboxylic acids is 2. The van der Waals surface area contributed by atoms with Gasteiger partial charge in [0.15, 0.2) is 0 Å². The zero-order valence-corrected chi connectivity index (χ0v) is 9.91. The standard InChI is InChI=1S/C11H20N2O3/c1-8(2)16-6-5-12-11(15)9-3-4-10(14)13-7-9/h8-9H,3-7H2,1-2H3,(H,12,15)(H,13,14). The van der Waals surface area contributed by atoms with E-state index in [2.05, 4.69) is 10.6 Å². The molecule has 0 bridgehead atoms. The van der Waals surface area contributed by atoms with Crippen molar-refractivity contribution in [2.45, 2.75) is 32.8 Å². The molecule has 92 valence electrons. The van der Waals surface area contributed by atoms with E-state index in [0.717, 1.165) is 0 Å². The molecule has 1 unspecified atom stereocenters. The van der Waals surface area contributed by atoms with E-state index in [1.807, 2.05) is 13.8 Å². The van der Waals surface area contributed by atoms with Crippen LogP contribution >= 0.6 is 0 Å². The van der Waals surface area contributed by atoms with Crippen molar-refractivity contribution in [1.82, 2.24) is 10.6 Å². The summed E-state index contributed by atoms with van der Waals surface area (Å²) in [6.07, 6.45) is 1.27. The van der Waals surface area contributed by atoms with Crippen molar-refractivity contribution >= 4 is 11.8 Å². The third kappa shape index (κ3) is 4.61. The summed E-state index contributed by atoms with van der Waals surface area (Å²) in [6, 6.07) is 0. The molecular weight excluding hydrogens is 208 g/mol. The van der Waals surface area contributed by atoms with E-state index < -0.39 is 0 Å². The third-order valence-corrected chi connectivity index (χ3v) is 2.49. The van der Waals surface area contributed by atoms with Gasteiger partial charge in [0.2, 0.25) is 11.8 Å². The molecule has 5 heteroatoms. The Kier molecular flexibility index (Phi) is 5.25. The molecule has 0 aliphatic carbocycles. The van der Waals surface area contributed by atoms with Crippen LogP contribution in [-0.4, -0.2) is 37.6 Å². The molecule has 1 atom stereocenters. The Morgan fingerprint density at radius 2 is 2.38 bits per heavy atom. The van der Waals surface area contributed by atoms with Gasteiger partial charge in [-0.3, -0.25) is 9.59 Å². The maximum atomic E-state index is 11.6. The smallest absolute Gasteiger partial charge is 0.224 e. The minimum Gasteiger partial charge on any atom is -0.377 e. The van der Waals surface area contributed by atoms with Gasteiger partial charge in [0, 0.05) is 19.5 Å². The molecule has 2 amide bonds. The first-order chi connectivity index (χ1) is 7.59. The van der Waals surface area contributed by atoms with Gasteiger partial charge in [-0.15, -0.1) is 0 Å². The Labute approximate surface area is 95.9 Å². The Morgan fingerprint density at radius 1 is 1.62 bits per heavy atom. The Hall–Kier alpha value is -1.10. The maximum Gasteiger partial charge on any atom is 0.224 e. The summed E-state index contributed by atoms with van der Waals surface area (Å²) in [4.78, 5) is 22.5. The summed E-state index contributed by atoms with van der Waals surface area (Å²) in [6.45, 7) is 5.43. The van der Waals surface area contributed by atoms with Crippen LogP contribution in [0.3, 0.4) is 0 Å². The number of amides is 2. The van der Waals surface area contributed by atoms with Gasteiger partial charge in [0.25, 0.3) is 0 Å². The van der Waals surface area contributed by atoms with Crippen molar-refractivity contribution in [3.8, 4) is 0 Å². The van der Waals surface area contributed by atoms with Crippen molar-refractivity contribution in [2.24, 2.45) is 5.92 Å². The van der Waals surface area contributed by atoms with Crippen molar-refractivity contribution in [1.29, 1.82) is 0 Å². The van der Waals surface area contributed by atoms with Crippen molar-refractivity contribution in [3.05, 3.63) is 0 Å². The molecule has 0 aromatic rings. The SMILES string of the molecule is CC(C)OCCNC(=O)C1CCC(=O)NC1. The van der Waals surface area contributed by atoms with Gasteiger partial charge in [-0.25, -0.2) is 0 Å². The van der Waals surface area contributed by atoms with Crippen molar-refractivity contribution in [2.75, 3.05) is 19.7 Å².